The normalized spacial score (nSPS) is 10.7. The first-order chi connectivity index (χ1) is 9.67. The predicted octanol–water partition coefficient (Wildman–Crippen LogP) is 3.20. The zero-order chi connectivity index (χ0) is 14.1. The van der Waals surface area contributed by atoms with E-state index in [1.54, 1.807) is 24.6 Å². The van der Waals surface area contributed by atoms with E-state index >= 15 is 0 Å². The lowest BCUT2D eigenvalue weighted by Crippen LogP contribution is -2.10. The molecule has 3 aromatic rings. The van der Waals surface area contributed by atoms with Gasteiger partial charge in [0.2, 0.25) is 0 Å². The van der Waals surface area contributed by atoms with Gasteiger partial charge in [0.05, 0.1) is 17.4 Å². The molecule has 0 fully saturated rings. The Hall–Kier alpha value is -2.12. The van der Waals surface area contributed by atoms with E-state index < -0.39 is 0 Å². The molecule has 0 radical (unpaired) electrons. The number of nitrogens with two attached hydrogens (primary N) is 1. The average molecular weight is 305 g/mol. The summed E-state index contributed by atoms with van der Waals surface area (Å²) in [4.78, 5) is 16.4. The van der Waals surface area contributed by atoms with Gasteiger partial charge in [0.15, 0.2) is 5.13 Å². The summed E-state index contributed by atoms with van der Waals surface area (Å²) in [6.45, 7) is 0. The summed E-state index contributed by atoms with van der Waals surface area (Å²) in [6.07, 6.45) is 0. The molecule has 102 valence electrons. The van der Waals surface area contributed by atoms with Gasteiger partial charge in [0.25, 0.3) is 5.91 Å². The number of nitrogens with one attached hydrogen (secondary N) is 1. The highest BCUT2D eigenvalue weighted by Crippen LogP contribution is 2.34. The number of rotatable bonds is 3. The number of nitrogens with zero attached hydrogens (tertiary/aromatic N) is 1. The van der Waals surface area contributed by atoms with E-state index in [1.807, 2.05) is 11.4 Å². The molecule has 1 amide bonds. The minimum absolute atomic E-state index is 0.169. The number of methoxy groups -OCH3 is 1. The van der Waals surface area contributed by atoms with Crippen LogP contribution < -0.4 is 15.8 Å². The lowest BCUT2D eigenvalue weighted by molar-refractivity contribution is 0.102. The fourth-order valence-electron chi connectivity index (χ4n) is 1.79. The molecule has 0 aliphatic carbocycles. The van der Waals surface area contributed by atoms with Crippen molar-refractivity contribution in [2.24, 2.45) is 0 Å². The van der Waals surface area contributed by atoms with Crippen LogP contribution in [0.3, 0.4) is 0 Å². The fraction of sp³-hybridized carbons (Fsp3) is 0.0769. The van der Waals surface area contributed by atoms with E-state index in [1.165, 1.54) is 22.7 Å². The maximum Gasteiger partial charge on any atom is 0.258 e. The van der Waals surface area contributed by atoms with Crippen LogP contribution in [0, 0.1) is 0 Å². The second kappa shape index (κ2) is 5.10. The second-order valence-corrected chi connectivity index (χ2v) is 5.87. The highest BCUT2D eigenvalue weighted by molar-refractivity contribution is 7.22. The number of benzene rings is 1. The Balaban J connectivity index is 1.95. The van der Waals surface area contributed by atoms with Crippen LogP contribution in [-0.2, 0) is 0 Å². The summed E-state index contributed by atoms with van der Waals surface area (Å²) in [5.74, 6) is 0.435. The van der Waals surface area contributed by atoms with E-state index in [2.05, 4.69) is 10.3 Å². The second-order valence-electron chi connectivity index (χ2n) is 4.06. The van der Waals surface area contributed by atoms with Gasteiger partial charge in [-0.25, -0.2) is 4.98 Å². The highest BCUT2D eigenvalue weighted by Gasteiger charge is 2.13. The van der Waals surface area contributed by atoms with Crippen LogP contribution >= 0.6 is 22.7 Å². The lowest BCUT2D eigenvalue weighted by atomic mass is 10.3. The first-order valence-corrected chi connectivity index (χ1v) is 7.51. The first-order valence-electron chi connectivity index (χ1n) is 5.75. The molecule has 0 atom stereocenters. The maximum atomic E-state index is 12.0. The summed E-state index contributed by atoms with van der Waals surface area (Å²) >= 11 is 2.84. The van der Waals surface area contributed by atoms with Crippen LogP contribution in [0.25, 0.3) is 10.2 Å². The summed E-state index contributed by atoms with van der Waals surface area (Å²) < 4.78 is 6.13. The Morgan fingerprint density at radius 1 is 1.45 bits per heavy atom. The molecule has 0 spiro atoms. The molecule has 0 saturated carbocycles. The van der Waals surface area contributed by atoms with Gasteiger partial charge in [-0.05, 0) is 17.5 Å². The number of amides is 1. The lowest BCUT2D eigenvalue weighted by Gasteiger charge is -2.01. The topological polar surface area (TPSA) is 77.2 Å². The quantitative estimate of drug-likeness (QED) is 0.728. The molecule has 2 aromatic heterocycles. The standard InChI is InChI=1S/C13H11N3O2S2/c1-18-9-4-8(14)5-10-11(9)15-13(20-10)16-12(17)7-2-3-19-6-7/h2-6H,14H2,1H3,(H,15,16,17). The van der Waals surface area contributed by atoms with Gasteiger partial charge in [-0.3, -0.25) is 10.1 Å². The van der Waals surface area contributed by atoms with E-state index in [0.717, 1.165) is 4.70 Å². The van der Waals surface area contributed by atoms with Crippen molar-refractivity contribution in [2.45, 2.75) is 0 Å². The zero-order valence-electron chi connectivity index (χ0n) is 10.5. The van der Waals surface area contributed by atoms with Gasteiger partial charge in [-0.15, -0.1) is 0 Å². The first kappa shape index (κ1) is 12.9. The minimum atomic E-state index is -0.169. The van der Waals surface area contributed by atoms with E-state index in [9.17, 15) is 4.79 Å². The Kier molecular flexibility index (Phi) is 3.29. The monoisotopic (exact) mass is 305 g/mol. The molecular formula is C13H11N3O2S2. The molecule has 0 aliphatic rings. The number of carbonyl (C=O) groups is 1. The molecule has 2 heterocycles. The third-order valence-electron chi connectivity index (χ3n) is 2.71. The van der Waals surface area contributed by atoms with Crippen molar-refractivity contribution >= 4 is 49.6 Å². The molecule has 0 saturated heterocycles. The fourth-order valence-corrected chi connectivity index (χ4v) is 3.35. The number of thiophene rings is 1. The molecule has 0 bridgehead atoms. The minimum Gasteiger partial charge on any atom is -0.494 e. The van der Waals surface area contributed by atoms with Crippen LogP contribution in [0.1, 0.15) is 10.4 Å². The Labute approximate surface area is 123 Å². The molecule has 20 heavy (non-hydrogen) atoms. The molecule has 3 N–H and O–H groups in total. The summed E-state index contributed by atoms with van der Waals surface area (Å²) in [7, 11) is 1.57. The maximum absolute atomic E-state index is 12.0. The van der Waals surface area contributed by atoms with E-state index in [4.69, 9.17) is 10.5 Å². The summed E-state index contributed by atoms with van der Waals surface area (Å²) in [6, 6.07) is 5.30. The third kappa shape index (κ3) is 2.33. The number of thiazole rings is 1. The Morgan fingerprint density at radius 3 is 3.00 bits per heavy atom. The van der Waals surface area contributed by atoms with Crippen molar-refractivity contribution in [3.63, 3.8) is 0 Å². The van der Waals surface area contributed by atoms with Crippen molar-refractivity contribution in [2.75, 3.05) is 18.2 Å². The molecule has 3 rings (SSSR count). The van der Waals surface area contributed by atoms with Crippen molar-refractivity contribution in [3.05, 3.63) is 34.5 Å². The third-order valence-corrected chi connectivity index (χ3v) is 4.31. The van der Waals surface area contributed by atoms with Gasteiger partial charge in [0.1, 0.15) is 11.3 Å². The largest absolute Gasteiger partial charge is 0.494 e. The molecular weight excluding hydrogens is 294 g/mol. The average Bonchev–Trinajstić information content (AvgIpc) is 3.05. The van der Waals surface area contributed by atoms with E-state index in [-0.39, 0.29) is 5.91 Å². The van der Waals surface area contributed by atoms with Crippen LogP contribution in [-0.4, -0.2) is 18.0 Å². The van der Waals surface area contributed by atoms with Crippen LogP contribution in [0.15, 0.2) is 29.0 Å². The number of carbonyl (C=O) groups excluding carboxylic acids is 1. The van der Waals surface area contributed by atoms with Crippen LogP contribution in [0.5, 0.6) is 5.75 Å². The molecule has 0 aliphatic heterocycles. The van der Waals surface area contributed by atoms with Gasteiger partial charge in [-0.2, -0.15) is 11.3 Å². The number of fused-ring (bicyclic) bond motifs is 1. The molecule has 5 nitrogen and oxygen atoms in total. The zero-order valence-corrected chi connectivity index (χ0v) is 12.2. The SMILES string of the molecule is COc1cc(N)cc2sc(NC(=O)c3ccsc3)nc12. The molecule has 1 aromatic carbocycles. The summed E-state index contributed by atoms with van der Waals surface area (Å²) in [5.41, 5.74) is 7.73. The van der Waals surface area contributed by atoms with Gasteiger partial charge >= 0.3 is 0 Å². The number of ether oxygens (including phenoxy) is 1. The number of hydrogen-bond acceptors (Lipinski definition) is 6. The van der Waals surface area contributed by atoms with Crippen molar-refractivity contribution in [3.8, 4) is 5.75 Å². The highest BCUT2D eigenvalue weighted by atomic mass is 32.1. The predicted molar refractivity (Wildman–Crippen MR) is 82.9 cm³/mol. The number of aromatic nitrogens is 1. The number of nitrogen functional groups attached to an aromatic ring is 1. The number of hydrogen-bond donors (Lipinski definition) is 2. The Morgan fingerprint density at radius 2 is 2.30 bits per heavy atom. The molecule has 0 unspecified atom stereocenters. The van der Waals surface area contributed by atoms with Crippen molar-refractivity contribution < 1.29 is 9.53 Å². The van der Waals surface area contributed by atoms with Crippen LogP contribution in [0.2, 0.25) is 0 Å². The molecule has 7 heteroatoms. The van der Waals surface area contributed by atoms with Gasteiger partial charge in [0, 0.05) is 17.1 Å². The van der Waals surface area contributed by atoms with Crippen molar-refractivity contribution in [1.29, 1.82) is 0 Å². The van der Waals surface area contributed by atoms with E-state index in [0.29, 0.717) is 27.6 Å². The van der Waals surface area contributed by atoms with Crippen molar-refractivity contribution in [1.82, 2.24) is 4.98 Å². The van der Waals surface area contributed by atoms with Gasteiger partial charge in [-0.1, -0.05) is 11.3 Å². The van der Waals surface area contributed by atoms with Gasteiger partial charge < -0.3 is 10.5 Å². The van der Waals surface area contributed by atoms with Crippen LogP contribution in [0.4, 0.5) is 10.8 Å². The summed E-state index contributed by atoms with van der Waals surface area (Å²) in [5, 5.41) is 6.96. The smallest absolute Gasteiger partial charge is 0.258 e. The number of anilines is 2. The Bertz CT molecular complexity index is 765.